The van der Waals surface area contributed by atoms with Crippen LogP contribution in [0.25, 0.3) is 0 Å². The van der Waals surface area contributed by atoms with Gasteiger partial charge in [0.2, 0.25) is 5.97 Å². The molecule has 6 N–H and O–H groups in total. The Morgan fingerprint density at radius 1 is 0.594 bits per heavy atom. The number of methoxy groups -OCH3 is 2. The van der Waals surface area contributed by atoms with Crippen LogP contribution in [0.2, 0.25) is 0 Å². The van der Waals surface area contributed by atoms with E-state index in [0.29, 0.717) is 63.5 Å². The van der Waals surface area contributed by atoms with Crippen LogP contribution in [0.3, 0.4) is 0 Å². The number of aromatic nitrogens is 4. The van der Waals surface area contributed by atoms with Crippen molar-refractivity contribution in [3.05, 3.63) is 130 Å². The molecule has 3 amide bonds. The number of tetrazole rings is 1. The number of nitrogens with zero attached hydrogens (tertiary/aromatic N) is 4. The zero-order valence-corrected chi connectivity index (χ0v) is 62.9. The summed E-state index contributed by atoms with van der Waals surface area (Å²) < 4.78 is 37.0. The van der Waals surface area contributed by atoms with Crippen LogP contribution in [-0.2, 0) is 72.6 Å². The number of esters is 2. The average molecular weight is 1420 g/mol. The van der Waals surface area contributed by atoms with E-state index < -0.39 is 27.7 Å². The van der Waals surface area contributed by atoms with Gasteiger partial charge in [0.15, 0.2) is 9.84 Å². The van der Waals surface area contributed by atoms with Gasteiger partial charge in [-0.15, -0.1) is 5.10 Å². The number of nitrogens with one attached hydrogen (secondary N) is 4. The molecule has 3 radical (unpaired) electrons. The molecular weight excluding hydrogens is 1320 g/mol. The molecular formula is C74H102BN9NaO15S. The topological polar surface area (TPSA) is 337 Å². The maximum Gasteiger partial charge on any atom is 1.00 e. The van der Waals surface area contributed by atoms with Crippen LogP contribution in [0.15, 0.2) is 102 Å². The van der Waals surface area contributed by atoms with Crippen LogP contribution in [0, 0.1) is 16.2 Å². The number of sulfone groups is 1. The number of ether oxygens (including phenoxy) is 2. The van der Waals surface area contributed by atoms with Gasteiger partial charge in [0.25, 0.3) is 11.9 Å². The number of carbonyl (C=O) groups is 8. The Labute approximate surface area is 618 Å². The fourth-order valence-corrected chi connectivity index (χ4v) is 15.0. The molecule has 6 aliphatic carbocycles. The Hall–Kier alpha value is -7.36. The van der Waals surface area contributed by atoms with Gasteiger partial charge in [0, 0.05) is 82.8 Å². The molecule has 101 heavy (non-hydrogen) atoms. The summed E-state index contributed by atoms with van der Waals surface area (Å²) in [6, 6.07) is 28.6. The van der Waals surface area contributed by atoms with Crippen molar-refractivity contribution in [3.63, 3.8) is 0 Å². The van der Waals surface area contributed by atoms with E-state index >= 15 is 0 Å². The summed E-state index contributed by atoms with van der Waals surface area (Å²) in [5, 5.41) is 22.4. The third kappa shape index (κ3) is 29.1. The number of Topliss-reactive ketones (excluding diaryl/α,β-unsaturated/α-hetero) is 1. The van der Waals surface area contributed by atoms with Crippen molar-refractivity contribution >= 4 is 77.1 Å². The minimum atomic E-state index is -3.40. The molecule has 1 aromatic heterocycles. The van der Waals surface area contributed by atoms with Gasteiger partial charge in [0.1, 0.15) is 5.78 Å². The van der Waals surface area contributed by atoms with Gasteiger partial charge in [-0.3, -0.25) is 19.7 Å². The molecule has 4 aromatic carbocycles. The van der Waals surface area contributed by atoms with Crippen molar-refractivity contribution in [2.45, 2.75) is 231 Å². The number of benzene rings is 4. The summed E-state index contributed by atoms with van der Waals surface area (Å²) in [5.74, 6) is -2.10. The Kier molecular flexibility index (Phi) is 35.8. The molecule has 6 aliphatic rings. The zero-order valence-electron chi connectivity index (χ0n) is 60.1. The molecule has 24 nitrogen and oxygen atoms in total. The van der Waals surface area contributed by atoms with E-state index in [0.717, 1.165) is 76.3 Å². The molecule has 1 heterocycles. The van der Waals surface area contributed by atoms with Crippen molar-refractivity contribution in [1.82, 2.24) is 30.8 Å². The van der Waals surface area contributed by atoms with Crippen LogP contribution in [0.5, 0.6) is 0 Å². The summed E-state index contributed by atoms with van der Waals surface area (Å²) in [7, 11) is 3.69. The number of hydrogen-bond acceptors (Lipinski definition) is 20. The quantitative estimate of drug-likeness (QED) is 0.0317. The Morgan fingerprint density at radius 2 is 1.04 bits per heavy atom. The van der Waals surface area contributed by atoms with Gasteiger partial charge >= 0.3 is 59.5 Å². The van der Waals surface area contributed by atoms with Gasteiger partial charge < -0.3 is 43.4 Å². The normalized spacial score (nSPS) is 17.8. The van der Waals surface area contributed by atoms with Crippen molar-refractivity contribution < 1.29 is 100 Å². The van der Waals surface area contributed by atoms with Gasteiger partial charge in [-0.2, -0.15) is 5.21 Å². The molecule has 3 spiro atoms. The SMILES string of the molecule is CC(=O)OOC(C)=O.COC(=O)c1ccc(CN)cc1.COC(=O)c1ccc(CNC2CCC3(CCCCC3)CC2)cc1.CS(=O)(=O)c1cccc(NC(=O)N(Cc2ccc(C(=O)Nc3nn[nH]n3)cc2)C2CCC3(CCCCC3)CC2)c1.O=C1CCC2(CCCCC2)CC1.[B-]OC(C)=O.[Na+]. The number of anilines is 2. The molecule has 0 saturated heterocycles. The molecule has 6 saturated carbocycles. The molecule has 0 atom stereocenters. The predicted molar refractivity (Wildman–Crippen MR) is 379 cm³/mol. The van der Waals surface area contributed by atoms with E-state index in [9.17, 15) is 46.8 Å². The van der Waals surface area contributed by atoms with E-state index in [1.807, 2.05) is 53.4 Å². The van der Waals surface area contributed by atoms with Gasteiger partial charge in [-0.05, 0) is 195 Å². The third-order valence-electron chi connectivity index (χ3n) is 20.1. The third-order valence-corrected chi connectivity index (χ3v) is 21.2. The zero-order chi connectivity index (χ0) is 72.6. The summed E-state index contributed by atoms with van der Waals surface area (Å²) in [5.41, 5.74) is 12.3. The van der Waals surface area contributed by atoms with E-state index in [4.69, 9.17) is 10.5 Å². The standard InChI is InChI=1S/C28H35N7O4S.C20H29NO2.C11H18O.C9H11NO2.C4H6O4.C2H3BO2.Na/c1-40(38,39)24-7-5-6-22(18-24)29-27(37)35(23-12-16-28(17-13-23)14-3-2-4-15-28)19-20-8-10-21(11-9-20)25(36)30-26-31-33-34-32-26;1-23-19(22)17-7-5-16(6-8-17)15-21-18-9-13-20(14-10-18)11-3-2-4-12-20;12-10-4-8-11(9-5-10)6-2-1-3-7-11;1-12-9(11)8-4-2-7(6-10)3-5-8;1-3(5)7-8-4(2)6;1-2(4)5-3;/h5-11,18,23H,2-4,12-17,19H2,1H3,(H,29,37)(H2,30,31,32,33,34,36);5-8,18,21H,2-4,9-15H2,1H3;1-9H2;2-5H,6,10H2,1H3;1-2H3;1H3;/q;;;;;-1;+1. The molecule has 543 valence electrons. The Morgan fingerprint density at radius 3 is 1.47 bits per heavy atom. The molecule has 11 rings (SSSR count). The first kappa shape index (κ1) is 84.3. The van der Waals surface area contributed by atoms with Crippen LogP contribution in [0.1, 0.15) is 242 Å². The first-order chi connectivity index (χ1) is 47.9. The second kappa shape index (κ2) is 42.9. The number of amides is 3. The van der Waals surface area contributed by atoms with E-state index in [-0.39, 0.29) is 70.3 Å². The van der Waals surface area contributed by atoms with E-state index in [1.54, 1.807) is 36.4 Å². The minimum absolute atomic E-state index is 0. The molecule has 6 fully saturated rings. The van der Waals surface area contributed by atoms with Crippen molar-refractivity contribution in [2.24, 2.45) is 22.0 Å². The second-order valence-corrected chi connectivity index (χ2v) is 29.2. The number of aromatic amines is 1. The number of urea groups is 1. The monoisotopic (exact) mass is 1420 g/mol. The molecule has 0 aliphatic heterocycles. The average Bonchev–Trinajstić information content (AvgIpc) is 1.44. The number of hydrogen-bond donors (Lipinski definition) is 5. The van der Waals surface area contributed by atoms with Crippen molar-refractivity contribution in [3.8, 4) is 0 Å². The molecule has 5 aromatic rings. The summed E-state index contributed by atoms with van der Waals surface area (Å²) in [4.78, 5) is 98.5. The summed E-state index contributed by atoms with van der Waals surface area (Å²) in [6.07, 6.45) is 35.6. The van der Waals surface area contributed by atoms with E-state index in [2.05, 4.69) is 63.8 Å². The van der Waals surface area contributed by atoms with Gasteiger partial charge in [0.05, 0.1) is 30.2 Å². The minimum Gasteiger partial charge on any atom is -0.793 e. The van der Waals surface area contributed by atoms with Gasteiger partial charge in [-0.1, -0.05) is 105 Å². The summed E-state index contributed by atoms with van der Waals surface area (Å²) >= 11 is 0. The predicted octanol–water partition coefficient (Wildman–Crippen LogP) is 9.92. The van der Waals surface area contributed by atoms with Crippen molar-refractivity contribution in [1.29, 1.82) is 0 Å². The summed E-state index contributed by atoms with van der Waals surface area (Å²) in [6.45, 7) is 5.26. The Bertz CT molecular complexity index is 3490. The number of H-pyrrole nitrogens is 1. The van der Waals surface area contributed by atoms with E-state index in [1.165, 1.54) is 174 Å². The van der Waals surface area contributed by atoms with Crippen LogP contribution < -0.4 is 51.2 Å². The molecule has 27 heteroatoms. The fraction of sp³-hybridized carbons (Fsp3) is 0.554. The van der Waals surface area contributed by atoms with Crippen molar-refractivity contribution in [2.75, 3.05) is 31.1 Å². The van der Waals surface area contributed by atoms with Crippen LogP contribution in [-0.4, -0.2) is 122 Å². The first-order valence-electron chi connectivity index (χ1n) is 34.9. The molecule has 0 unspecified atom stereocenters. The number of carbonyl (C=O) groups excluding carboxylic acids is 8. The number of nitrogens with two attached hydrogens (primary N) is 1. The Balaban J connectivity index is 0.000000252. The smallest absolute Gasteiger partial charge is 0.793 e. The first-order valence-corrected chi connectivity index (χ1v) is 36.8. The fourth-order valence-electron chi connectivity index (χ4n) is 14.3. The van der Waals surface area contributed by atoms with Gasteiger partial charge in [-0.25, -0.2) is 42.2 Å². The second-order valence-electron chi connectivity index (χ2n) is 27.2. The maximum atomic E-state index is 13.7. The maximum absolute atomic E-state index is 13.7. The molecule has 0 bridgehead atoms. The van der Waals surface area contributed by atoms with Crippen LogP contribution in [0.4, 0.5) is 16.4 Å². The largest absolute Gasteiger partial charge is 1.00 e. The number of rotatable bonds is 13. The van der Waals surface area contributed by atoms with Crippen LogP contribution >= 0.6 is 0 Å². The number of ketones is 1.